The Morgan fingerprint density at radius 2 is 2.20 bits per heavy atom. The summed E-state index contributed by atoms with van der Waals surface area (Å²) in [6.45, 7) is 2.07. The molecule has 20 heavy (non-hydrogen) atoms. The number of nitrogens with one attached hydrogen (secondary N) is 1. The van der Waals surface area contributed by atoms with E-state index in [1.54, 1.807) is 24.1 Å². The van der Waals surface area contributed by atoms with Gasteiger partial charge in [-0.15, -0.1) is 5.10 Å². The summed E-state index contributed by atoms with van der Waals surface area (Å²) in [5.41, 5.74) is 0.842. The third-order valence-electron chi connectivity index (χ3n) is 2.61. The first-order chi connectivity index (χ1) is 9.49. The number of nitrogens with zero attached hydrogens (tertiary/aromatic N) is 5. The number of hydrogen-bond donors (Lipinski definition) is 2. The molecule has 0 saturated carbocycles. The molecule has 0 spiro atoms. The van der Waals surface area contributed by atoms with Gasteiger partial charge >= 0.3 is 5.97 Å². The van der Waals surface area contributed by atoms with Gasteiger partial charge in [-0.2, -0.15) is 5.10 Å². The zero-order valence-electron chi connectivity index (χ0n) is 11.1. The number of carboxylic acid groups (broad SMARTS) is 1. The summed E-state index contributed by atoms with van der Waals surface area (Å²) in [6, 6.07) is 0. The van der Waals surface area contributed by atoms with Crippen molar-refractivity contribution in [1.29, 1.82) is 0 Å². The molecule has 1 amide bonds. The number of aromatic carboxylic acids is 1. The number of rotatable bonds is 5. The lowest BCUT2D eigenvalue weighted by Gasteiger charge is -2.05. The van der Waals surface area contributed by atoms with Crippen LogP contribution in [-0.4, -0.2) is 48.3 Å². The fourth-order valence-corrected chi connectivity index (χ4v) is 1.78. The highest BCUT2D eigenvalue weighted by atomic mass is 16.4. The van der Waals surface area contributed by atoms with E-state index in [-0.39, 0.29) is 11.6 Å². The molecule has 0 unspecified atom stereocenters. The molecule has 0 atom stereocenters. The van der Waals surface area contributed by atoms with Crippen LogP contribution < -0.4 is 5.32 Å². The van der Waals surface area contributed by atoms with E-state index >= 15 is 0 Å². The summed E-state index contributed by atoms with van der Waals surface area (Å²) < 4.78 is 3.00. The van der Waals surface area contributed by atoms with Crippen LogP contribution in [0.25, 0.3) is 11.3 Å². The zero-order valence-corrected chi connectivity index (χ0v) is 11.1. The normalized spacial score (nSPS) is 10.5. The van der Waals surface area contributed by atoms with Gasteiger partial charge < -0.3 is 10.4 Å². The molecule has 0 radical (unpaired) electrons. The SMILES string of the molecule is CC(=O)NCCn1nnc(C(=O)O)c1-c1cnn(C)c1. The molecule has 0 aliphatic carbocycles. The maximum absolute atomic E-state index is 11.2. The second-order valence-electron chi connectivity index (χ2n) is 4.20. The van der Waals surface area contributed by atoms with Crippen molar-refractivity contribution in [2.75, 3.05) is 6.54 Å². The summed E-state index contributed by atoms with van der Waals surface area (Å²) in [6.07, 6.45) is 3.22. The Hall–Kier alpha value is -2.71. The Morgan fingerprint density at radius 1 is 1.45 bits per heavy atom. The minimum atomic E-state index is -1.16. The predicted octanol–water partition coefficient (Wildman–Crippen LogP) is -0.487. The van der Waals surface area contributed by atoms with Crippen molar-refractivity contribution in [2.24, 2.45) is 7.05 Å². The molecular weight excluding hydrogens is 264 g/mol. The Labute approximate surface area is 114 Å². The van der Waals surface area contributed by atoms with Crippen LogP contribution in [0.15, 0.2) is 12.4 Å². The van der Waals surface area contributed by atoms with Crippen molar-refractivity contribution in [3.05, 3.63) is 18.1 Å². The molecular formula is C11H14N6O3. The van der Waals surface area contributed by atoms with Crippen molar-refractivity contribution >= 4 is 11.9 Å². The van der Waals surface area contributed by atoms with Gasteiger partial charge in [0.2, 0.25) is 5.91 Å². The van der Waals surface area contributed by atoms with Gasteiger partial charge in [0.1, 0.15) is 5.69 Å². The third-order valence-corrected chi connectivity index (χ3v) is 2.61. The van der Waals surface area contributed by atoms with E-state index in [9.17, 15) is 9.59 Å². The molecule has 0 aliphatic rings. The zero-order chi connectivity index (χ0) is 14.7. The van der Waals surface area contributed by atoms with E-state index in [2.05, 4.69) is 20.7 Å². The predicted molar refractivity (Wildman–Crippen MR) is 67.9 cm³/mol. The maximum Gasteiger partial charge on any atom is 0.358 e. The van der Waals surface area contributed by atoms with Crippen molar-refractivity contribution < 1.29 is 14.7 Å². The third kappa shape index (κ3) is 2.82. The van der Waals surface area contributed by atoms with Gasteiger partial charge in [-0.25, -0.2) is 9.48 Å². The number of carbonyl (C=O) groups excluding carboxylic acids is 1. The van der Waals surface area contributed by atoms with E-state index in [1.807, 2.05) is 0 Å². The highest BCUT2D eigenvalue weighted by Gasteiger charge is 2.21. The Kier molecular flexibility index (Phi) is 3.78. The number of aryl methyl sites for hydroxylation is 1. The van der Waals surface area contributed by atoms with Gasteiger partial charge in [0.05, 0.1) is 12.7 Å². The van der Waals surface area contributed by atoms with Gasteiger partial charge in [-0.3, -0.25) is 9.48 Å². The van der Waals surface area contributed by atoms with Gasteiger partial charge in [0.25, 0.3) is 0 Å². The molecule has 0 aromatic carbocycles. The minimum absolute atomic E-state index is 0.138. The Bertz CT molecular complexity index is 644. The largest absolute Gasteiger partial charge is 0.476 e. The summed E-state index contributed by atoms with van der Waals surface area (Å²) in [7, 11) is 1.73. The lowest BCUT2D eigenvalue weighted by molar-refractivity contribution is -0.119. The highest BCUT2D eigenvalue weighted by molar-refractivity contribution is 5.92. The molecule has 2 aromatic rings. The van der Waals surface area contributed by atoms with Gasteiger partial charge in [0, 0.05) is 32.3 Å². The van der Waals surface area contributed by atoms with E-state index in [4.69, 9.17) is 5.11 Å². The van der Waals surface area contributed by atoms with E-state index in [0.29, 0.717) is 24.3 Å². The van der Waals surface area contributed by atoms with Crippen LogP contribution in [-0.2, 0) is 18.4 Å². The number of hydrogen-bond acceptors (Lipinski definition) is 5. The Balaban J connectivity index is 2.32. The smallest absolute Gasteiger partial charge is 0.358 e. The first kappa shape index (κ1) is 13.7. The van der Waals surface area contributed by atoms with Gasteiger partial charge in [-0.1, -0.05) is 5.21 Å². The molecule has 0 fully saturated rings. The van der Waals surface area contributed by atoms with Gasteiger partial charge in [0.15, 0.2) is 5.69 Å². The fourth-order valence-electron chi connectivity index (χ4n) is 1.78. The van der Waals surface area contributed by atoms with Crippen LogP contribution in [0.5, 0.6) is 0 Å². The molecule has 2 heterocycles. The van der Waals surface area contributed by atoms with Crippen LogP contribution in [0.1, 0.15) is 17.4 Å². The van der Waals surface area contributed by atoms with E-state index < -0.39 is 5.97 Å². The minimum Gasteiger partial charge on any atom is -0.476 e. The summed E-state index contributed by atoms with van der Waals surface area (Å²) in [5.74, 6) is -1.32. The number of carbonyl (C=O) groups is 2. The molecule has 9 nitrogen and oxygen atoms in total. The molecule has 0 bridgehead atoms. The van der Waals surface area contributed by atoms with Crippen LogP contribution in [0.3, 0.4) is 0 Å². The van der Waals surface area contributed by atoms with Crippen molar-refractivity contribution in [1.82, 2.24) is 30.1 Å². The monoisotopic (exact) mass is 278 g/mol. The molecule has 0 aliphatic heterocycles. The van der Waals surface area contributed by atoms with Crippen LogP contribution in [0.4, 0.5) is 0 Å². The van der Waals surface area contributed by atoms with Crippen molar-refractivity contribution in [2.45, 2.75) is 13.5 Å². The van der Waals surface area contributed by atoms with Crippen molar-refractivity contribution in [3.8, 4) is 11.3 Å². The first-order valence-corrected chi connectivity index (χ1v) is 5.89. The van der Waals surface area contributed by atoms with Crippen LogP contribution >= 0.6 is 0 Å². The summed E-state index contributed by atoms with van der Waals surface area (Å²) >= 11 is 0. The highest BCUT2D eigenvalue weighted by Crippen LogP contribution is 2.21. The summed E-state index contributed by atoms with van der Waals surface area (Å²) in [5, 5.41) is 23.3. The second-order valence-corrected chi connectivity index (χ2v) is 4.20. The number of aromatic nitrogens is 5. The fraction of sp³-hybridized carbons (Fsp3) is 0.364. The van der Waals surface area contributed by atoms with Gasteiger partial charge in [-0.05, 0) is 0 Å². The standard InChI is InChI=1S/C11H14N6O3/c1-7(18)12-3-4-17-10(8-5-13-16(2)6-8)9(11(19)20)14-15-17/h5-6H,3-4H2,1-2H3,(H,12,18)(H,19,20). The average molecular weight is 278 g/mol. The molecule has 2 rings (SSSR count). The average Bonchev–Trinajstić information content (AvgIpc) is 2.94. The van der Waals surface area contributed by atoms with E-state index in [1.165, 1.54) is 11.6 Å². The van der Waals surface area contributed by atoms with Crippen LogP contribution in [0, 0.1) is 0 Å². The molecule has 106 valence electrons. The van der Waals surface area contributed by atoms with Crippen LogP contribution in [0.2, 0.25) is 0 Å². The lowest BCUT2D eigenvalue weighted by atomic mass is 10.2. The lowest BCUT2D eigenvalue weighted by Crippen LogP contribution is -2.25. The maximum atomic E-state index is 11.2. The number of carboxylic acids is 1. The first-order valence-electron chi connectivity index (χ1n) is 5.89. The second kappa shape index (κ2) is 5.51. The topological polar surface area (TPSA) is 115 Å². The summed E-state index contributed by atoms with van der Waals surface area (Å²) in [4.78, 5) is 22.0. The molecule has 2 aromatic heterocycles. The van der Waals surface area contributed by atoms with Crippen molar-refractivity contribution in [3.63, 3.8) is 0 Å². The Morgan fingerprint density at radius 3 is 2.75 bits per heavy atom. The molecule has 0 saturated heterocycles. The molecule has 9 heteroatoms. The molecule has 2 N–H and O–H groups in total. The van der Waals surface area contributed by atoms with E-state index in [0.717, 1.165) is 0 Å². The number of amides is 1. The quantitative estimate of drug-likeness (QED) is 0.762.